The fourth-order valence-electron chi connectivity index (χ4n) is 6.60. The van der Waals surface area contributed by atoms with Gasteiger partial charge in [0.15, 0.2) is 11.6 Å². The number of fused-ring (bicyclic) bond motifs is 2. The fraction of sp³-hybridized carbons (Fsp3) is 0.289. The maximum absolute atomic E-state index is 9.91. The minimum atomic E-state index is -0.239. The highest BCUT2D eigenvalue weighted by Gasteiger charge is 2.20. The van der Waals surface area contributed by atoms with Gasteiger partial charge in [-0.2, -0.15) is 0 Å². The van der Waals surface area contributed by atoms with Crippen LogP contribution in [0.15, 0.2) is 79.5 Å². The first-order valence-corrected chi connectivity index (χ1v) is 16.6. The molecule has 1 fully saturated rings. The van der Waals surface area contributed by atoms with Gasteiger partial charge < -0.3 is 20.8 Å². The molecule has 4 N–H and O–H groups in total. The van der Waals surface area contributed by atoms with Gasteiger partial charge >= 0.3 is 0 Å². The molecule has 49 heavy (non-hydrogen) atoms. The zero-order valence-electron chi connectivity index (χ0n) is 28.1. The minimum Gasteiger partial charge on any atom is -0.395 e. The van der Waals surface area contributed by atoms with E-state index in [4.69, 9.17) is 9.97 Å². The van der Waals surface area contributed by atoms with Crippen LogP contribution >= 0.6 is 0 Å². The van der Waals surface area contributed by atoms with Gasteiger partial charge in [0.2, 0.25) is 0 Å². The molecular formula is C38H41N9O2. The van der Waals surface area contributed by atoms with Crippen molar-refractivity contribution in [2.45, 2.75) is 39.5 Å². The highest BCUT2D eigenvalue weighted by molar-refractivity contribution is 5.92. The Morgan fingerprint density at radius 3 is 2.22 bits per heavy atom. The number of aliphatic hydroxyl groups is 2. The van der Waals surface area contributed by atoms with E-state index in [2.05, 4.69) is 74.7 Å². The molecule has 1 atom stereocenters. The van der Waals surface area contributed by atoms with Crippen LogP contribution in [-0.4, -0.2) is 84.3 Å². The molecule has 0 unspecified atom stereocenters. The molecule has 11 nitrogen and oxygen atoms in total. The second-order valence-corrected chi connectivity index (χ2v) is 12.9. The number of anilines is 4. The molecule has 1 saturated heterocycles. The third-order valence-corrected chi connectivity index (χ3v) is 9.24. The van der Waals surface area contributed by atoms with Crippen molar-refractivity contribution in [1.29, 1.82) is 0 Å². The summed E-state index contributed by atoms with van der Waals surface area (Å²) in [4.78, 5) is 27.5. The van der Waals surface area contributed by atoms with Crippen molar-refractivity contribution in [2.75, 3.05) is 43.9 Å². The summed E-state index contributed by atoms with van der Waals surface area (Å²) >= 11 is 0. The van der Waals surface area contributed by atoms with E-state index in [1.807, 2.05) is 54.8 Å². The number of pyridine rings is 3. The quantitative estimate of drug-likeness (QED) is 0.136. The van der Waals surface area contributed by atoms with E-state index in [1.165, 1.54) is 0 Å². The lowest BCUT2D eigenvalue weighted by Gasteiger charge is -2.18. The van der Waals surface area contributed by atoms with Crippen molar-refractivity contribution >= 4 is 44.9 Å². The summed E-state index contributed by atoms with van der Waals surface area (Å²) in [6.07, 6.45) is 7.71. The van der Waals surface area contributed by atoms with Gasteiger partial charge in [-0.1, -0.05) is 24.3 Å². The third kappa shape index (κ3) is 7.06. The van der Waals surface area contributed by atoms with Crippen LogP contribution in [0.2, 0.25) is 0 Å². The average Bonchev–Trinajstić information content (AvgIpc) is 3.51. The molecule has 6 aromatic rings. The molecule has 1 aliphatic heterocycles. The summed E-state index contributed by atoms with van der Waals surface area (Å²) in [7, 11) is 1.97. The number of benzene rings is 2. The molecule has 4 aromatic heterocycles. The van der Waals surface area contributed by atoms with Gasteiger partial charge in [0.25, 0.3) is 0 Å². The van der Waals surface area contributed by atoms with E-state index in [0.29, 0.717) is 36.8 Å². The van der Waals surface area contributed by atoms with E-state index < -0.39 is 0 Å². The molecule has 0 saturated carbocycles. The van der Waals surface area contributed by atoms with Crippen molar-refractivity contribution in [3.8, 4) is 11.1 Å². The van der Waals surface area contributed by atoms with Crippen molar-refractivity contribution in [1.82, 2.24) is 34.7 Å². The number of likely N-dealkylation sites (N-methyl/N-ethyl adjacent to an activating group) is 1. The van der Waals surface area contributed by atoms with Crippen LogP contribution in [0.25, 0.3) is 33.1 Å². The monoisotopic (exact) mass is 655 g/mol. The number of likely N-dealkylation sites (tertiary alicyclic amines) is 1. The Morgan fingerprint density at radius 2 is 1.53 bits per heavy atom. The highest BCUT2D eigenvalue weighted by atomic mass is 16.3. The fourth-order valence-corrected chi connectivity index (χ4v) is 6.60. The number of aromatic nitrogens is 5. The molecule has 2 aromatic carbocycles. The number of hydrogen-bond donors (Lipinski definition) is 4. The topological polar surface area (TPSA) is 135 Å². The number of hydrogen-bond acceptors (Lipinski definition) is 11. The third-order valence-electron chi connectivity index (χ3n) is 9.24. The lowest BCUT2D eigenvalue weighted by Crippen LogP contribution is -2.21. The van der Waals surface area contributed by atoms with E-state index in [1.54, 1.807) is 6.33 Å². The number of β-amino-alcohol motifs (C(OH)–C–C–N with tert-alkyl or cyclic N) is 1. The predicted molar refractivity (Wildman–Crippen MR) is 194 cm³/mol. The second-order valence-electron chi connectivity index (χ2n) is 12.9. The molecule has 0 aliphatic carbocycles. The van der Waals surface area contributed by atoms with Crippen LogP contribution in [-0.2, 0) is 13.1 Å². The van der Waals surface area contributed by atoms with Crippen LogP contribution in [0.4, 0.5) is 23.0 Å². The number of aliphatic hydroxyl groups excluding tert-OH is 2. The Hall–Kier alpha value is -5.07. The normalized spacial score (nSPS) is 15.0. The molecule has 0 spiro atoms. The average molecular weight is 656 g/mol. The Labute approximate surface area is 285 Å². The van der Waals surface area contributed by atoms with Crippen LogP contribution in [0, 0.1) is 13.8 Å². The van der Waals surface area contributed by atoms with Crippen molar-refractivity contribution in [2.24, 2.45) is 0 Å². The van der Waals surface area contributed by atoms with Gasteiger partial charge in [-0.25, -0.2) is 15.0 Å². The van der Waals surface area contributed by atoms with Gasteiger partial charge in [-0.15, -0.1) is 0 Å². The SMILES string of the molecule is Cc1c(Nc2nccc3cc(CN4CC[C@@H](O)C4)cnc23)cccc1-c1cccc(Nc2ncnc3cc(CN(C)CCO)cnc23)c1C. The highest BCUT2D eigenvalue weighted by Crippen LogP contribution is 2.36. The molecule has 5 heterocycles. The molecule has 0 amide bonds. The summed E-state index contributed by atoms with van der Waals surface area (Å²) < 4.78 is 0. The Morgan fingerprint density at radius 1 is 0.837 bits per heavy atom. The van der Waals surface area contributed by atoms with Gasteiger partial charge in [0.05, 0.1) is 18.2 Å². The molecular weight excluding hydrogens is 614 g/mol. The number of rotatable bonds is 11. The molecule has 0 bridgehead atoms. The summed E-state index contributed by atoms with van der Waals surface area (Å²) in [5, 5.41) is 27.3. The maximum atomic E-state index is 9.91. The van der Waals surface area contributed by atoms with Crippen LogP contribution in [0.1, 0.15) is 28.7 Å². The Bertz CT molecular complexity index is 2120. The van der Waals surface area contributed by atoms with E-state index in [-0.39, 0.29) is 12.7 Å². The lowest BCUT2D eigenvalue weighted by atomic mass is 9.94. The van der Waals surface area contributed by atoms with Gasteiger partial charge in [-0.3, -0.25) is 19.8 Å². The van der Waals surface area contributed by atoms with E-state index in [9.17, 15) is 10.2 Å². The van der Waals surface area contributed by atoms with E-state index >= 15 is 0 Å². The smallest absolute Gasteiger partial charge is 0.160 e. The lowest BCUT2D eigenvalue weighted by molar-refractivity contribution is 0.175. The molecule has 250 valence electrons. The predicted octanol–water partition coefficient (Wildman–Crippen LogP) is 5.73. The van der Waals surface area contributed by atoms with Crippen LogP contribution < -0.4 is 10.6 Å². The largest absolute Gasteiger partial charge is 0.395 e. The molecule has 0 radical (unpaired) electrons. The molecule has 1 aliphatic rings. The van der Waals surface area contributed by atoms with Crippen LogP contribution in [0.3, 0.4) is 0 Å². The summed E-state index contributed by atoms with van der Waals surface area (Å²) in [5.41, 5.74) is 10.7. The Balaban J connectivity index is 1.13. The summed E-state index contributed by atoms with van der Waals surface area (Å²) in [6, 6.07) is 18.7. The maximum Gasteiger partial charge on any atom is 0.160 e. The zero-order chi connectivity index (χ0) is 33.9. The van der Waals surface area contributed by atoms with Crippen molar-refractivity contribution < 1.29 is 10.2 Å². The first-order chi connectivity index (χ1) is 23.9. The summed E-state index contributed by atoms with van der Waals surface area (Å²) in [6.45, 7) is 7.98. The van der Waals surface area contributed by atoms with Gasteiger partial charge in [0.1, 0.15) is 17.4 Å². The second kappa shape index (κ2) is 14.2. The molecule has 11 heteroatoms. The Kier molecular flexibility index (Phi) is 9.41. The molecule has 7 rings (SSSR count). The standard InChI is InChI=1S/C38H41N9O2/c1-24-30(6-4-8-32(24)44-37-35-28(10-12-39-37)16-26(18-40-35)21-47-13-11-29(49)22-47)31-7-5-9-33(25(31)2)45-38-36-34(42-23-43-38)17-27(19-41-36)20-46(3)14-15-48/h4-10,12,16-19,23,29,48-49H,11,13-15,20-22H2,1-3H3,(H,39,44)(H,42,43,45)/t29-/m1/s1. The van der Waals surface area contributed by atoms with Crippen molar-refractivity contribution in [3.63, 3.8) is 0 Å². The van der Waals surface area contributed by atoms with Crippen molar-refractivity contribution in [3.05, 3.63) is 102 Å². The minimum absolute atomic E-state index is 0.110. The van der Waals surface area contributed by atoms with Gasteiger partial charge in [-0.05, 0) is 91.0 Å². The first-order valence-electron chi connectivity index (χ1n) is 16.6. The van der Waals surface area contributed by atoms with Crippen LogP contribution in [0.5, 0.6) is 0 Å². The summed E-state index contributed by atoms with van der Waals surface area (Å²) in [5.74, 6) is 1.35. The van der Waals surface area contributed by atoms with Gasteiger partial charge in [0, 0.05) is 68.1 Å². The van der Waals surface area contributed by atoms with E-state index in [0.717, 1.165) is 80.7 Å². The first kappa shape index (κ1) is 32.5. The zero-order valence-corrected chi connectivity index (χ0v) is 28.1. The number of nitrogens with one attached hydrogen (secondary N) is 2. The number of nitrogens with zero attached hydrogens (tertiary/aromatic N) is 7.